The number of furan rings is 1. The molecule has 2 aromatic carbocycles. The largest absolute Gasteiger partial charge is 0.508 e. The SMILES string of the molecule is CC=Cc1cc(OC)c2oc(-c3ccc(O)cc3)cc2c1. The number of benzene rings is 2. The first-order valence-corrected chi connectivity index (χ1v) is 6.75. The Morgan fingerprint density at radius 2 is 1.86 bits per heavy atom. The lowest BCUT2D eigenvalue weighted by Gasteiger charge is -2.02. The van der Waals surface area contributed by atoms with E-state index in [0.29, 0.717) is 5.75 Å². The summed E-state index contributed by atoms with van der Waals surface area (Å²) < 4.78 is 11.3. The Hall–Kier alpha value is -2.68. The predicted octanol–water partition coefficient (Wildman–Crippen LogP) is 4.85. The third-order valence-corrected chi connectivity index (χ3v) is 3.34. The number of hydrogen-bond donors (Lipinski definition) is 1. The second-order valence-electron chi connectivity index (χ2n) is 4.80. The average Bonchev–Trinajstić information content (AvgIpc) is 2.91. The molecule has 0 atom stereocenters. The molecule has 1 heterocycles. The van der Waals surface area contributed by atoms with Gasteiger partial charge in [-0.05, 0) is 55.0 Å². The van der Waals surface area contributed by atoms with Gasteiger partial charge in [0.05, 0.1) is 7.11 Å². The van der Waals surface area contributed by atoms with Gasteiger partial charge in [-0.3, -0.25) is 0 Å². The first-order chi connectivity index (χ1) is 10.2. The van der Waals surface area contributed by atoms with E-state index >= 15 is 0 Å². The van der Waals surface area contributed by atoms with Crippen molar-refractivity contribution in [2.45, 2.75) is 6.92 Å². The van der Waals surface area contributed by atoms with Gasteiger partial charge in [-0.2, -0.15) is 0 Å². The Bertz CT molecular complexity index is 795. The molecule has 21 heavy (non-hydrogen) atoms. The highest BCUT2D eigenvalue weighted by molar-refractivity contribution is 5.89. The molecule has 0 aliphatic rings. The molecule has 1 aromatic heterocycles. The number of phenolic OH excluding ortho intramolecular Hbond substituents is 1. The summed E-state index contributed by atoms with van der Waals surface area (Å²) in [5.74, 6) is 1.70. The summed E-state index contributed by atoms with van der Waals surface area (Å²) in [4.78, 5) is 0. The van der Waals surface area contributed by atoms with Crippen molar-refractivity contribution in [3.8, 4) is 22.8 Å². The van der Waals surface area contributed by atoms with Crippen LogP contribution in [0.25, 0.3) is 28.4 Å². The van der Waals surface area contributed by atoms with Crippen LogP contribution in [0.1, 0.15) is 12.5 Å². The van der Waals surface area contributed by atoms with E-state index in [-0.39, 0.29) is 5.75 Å². The lowest BCUT2D eigenvalue weighted by molar-refractivity contribution is 0.411. The van der Waals surface area contributed by atoms with Crippen LogP contribution in [0, 0.1) is 0 Å². The number of phenols is 1. The maximum atomic E-state index is 9.36. The standard InChI is InChI=1S/C18H16O3/c1-3-4-12-9-14-11-16(13-5-7-15(19)8-6-13)21-18(14)17(10-12)20-2/h3-11,19H,1-2H3. The molecule has 0 aliphatic carbocycles. The molecule has 0 saturated carbocycles. The Kier molecular flexibility index (Phi) is 3.40. The van der Waals surface area contributed by atoms with Crippen molar-refractivity contribution in [1.82, 2.24) is 0 Å². The topological polar surface area (TPSA) is 42.6 Å². The highest BCUT2D eigenvalue weighted by Gasteiger charge is 2.11. The highest BCUT2D eigenvalue weighted by Crippen LogP contribution is 2.35. The lowest BCUT2D eigenvalue weighted by atomic mass is 10.1. The summed E-state index contributed by atoms with van der Waals surface area (Å²) in [6.45, 7) is 1.98. The van der Waals surface area contributed by atoms with E-state index < -0.39 is 0 Å². The minimum atomic E-state index is 0.239. The average molecular weight is 280 g/mol. The highest BCUT2D eigenvalue weighted by atomic mass is 16.5. The van der Waals surface area contributed by atoms with E-state index in [0.717, 1.165) is 27.9 Å². The molecule has 3 heteroatoms. The van der Waals surface area contributed by atoms with E-state index in [1.165, 1.54) is 0 Å². The van der Waals surface area contributed by atoms with Gasteiger partial charge in [-0.15, -0.1) is 0 Å². The molecule has 0 saturated heterocycles. The zero-order valence-electron chi connectivity index (χ0n) is 12.0. The van der Waals surface area contributed by atoms with Gasteiger partial charge in [0.2, 0.25) is 0 Å². The van der Waals surface area contributed by atoms with Crippen LogP contribution in [-0.2, 0) is 0 Å². The van der Waals surface area contributed by atoms with Gasteiger partial charge in [-0.1, -0.05) is 12.2 Å². The minimum absolute atomic E-state index is 0.239. The van der Waals surface area contributed by atoms with E-state index in [1.807, 2.05) is 43.3 Å². The van der Waals surface area contributed by atoms with Crippen molar-refractivity contribution in [2.24, 2.45) is 0 Å². The number of allylic oxidation sites excluding steroid dienone is 1. The Labute approximate surface area is 123 Å². The molecule has 3 aromatic rings. The molecule has 106 valence electrons. The van der Waals surface area contributed by atoms with Crippen LogP contribution < -0.4 is 4.74 Å². The van der Waals surface area contributed by atoms with Gasteiger partial charge >= 0.3 is 0 Å². The molecule has 0 bridgehead atoms. The fourth-order valence-corrected chi connectivity index (χ4v) is 2.35. The smallest absolute Gasteiger partial charge is 0.176 e. The zero-order chi connectivity index (χ0) is 14.8. The molecule has 0 unspecified atom stereocenters. The Morgan fingerprint density at radius 3 is 2.52 bits per heavy atom. The first-order valence-electron chi connectivity index (χ1n) is 6.75. The second kappa shape index (κ2) is 5.37. The van der Waals surface area contributed by atoms with Crippen molar-refractivity contribution in [2.75, 3.05) is 7.11 Å². The number of fused-ring (bicyclic) bond motifs is 1. The summed E-state index contributed by atoms with van der Waals surface area (Å²) in [5.41, 5.74) is 2.72. The third kappa shape index (κ3) is 2.50. The summed E-state index contributed by atoms with van der Waals surface area (Å²) in [5, 5.41) is 10.4. The Balaban J connectivity index is 2.16. The van der Waals surface area contributed by atoms with E-state index in [4.69, 9.17) is 9.15 Å². The van der Waals surface area contributed by atoms with Gasteiger partial charge in [0.25, 0.3) is 0 Å². The monoisotopic (exact) mass is 280 g/mol. The van der Waals surface area contributed by atoms with E-state index in [1.54, 1.807) is 19.2 Å². The van der Waals surface area contributed by atoms with Crippen molar-refractivity contribution in [1.29, 1.82) is 0 Å². The van der Waals surface area contributed by atoms with Crippen molar-refractivity contribution in [3.05, 3.63) is 54.1 Å². The van der Waals surface area contributed by atoms with Crippen LogP contribution in [0.4, 0.5) is 0 Å². The minimum Gasteiger partial charge on any atom is -0.508 e. The molecule has 0 amide bonds. The first kappa shape index (κ1) is 13.3. The van der Waals surface area contributed by atoms with Crippen molar-refractivity contribution >= 4 is 17.0 Å². The number of methoxy groups -OCH3 is 1. The van der Waals surface area contributed by atoms with Crippen molar-refractivity contribution in [3.63, 3.8) is 0 Å². The fourth-order valence-electron chi connectivity index (χ4n) is 2.35. The van der Waals surface area contributed by atoms with Gasteiger partial charge in [-0.25, -0.2) is 0 Å². The zero-order valence-corrected chi connectivity index (χ0v) is 12.0. The number of aromatic hydroxyl groups is 1. The second-order valence-corrected chi connectivity index (χ2v) is 4.80. The van der Waals surface area contributed by atoms with Crippen LogP contribution >= 0.6 is 0 Å². The predicted molar refractivity (Wildman–Crippen MR) is 84.6 cm³/mol. The molecular formula is C18H16O3. The van der Waals surface area contributed by atoms with Gasteiger partial charge in [0, 0.05) is 10.9 Å². The molecule has 3 rings (SSSR count). The number of ether oxygens (including phenoxy) is 1. The third-order valence-electron chi connectivity index (χ3n) is 3.34. The van der Waals surface area contributed by atoms with Crippen LogP contribution in [-0.4, -0.2) is 12.2 Å². The maximum Gasteiger partial charge on any atom is 0.176 e. The van der Waals surface area contributed by atoms with Crippen LogP contribution in [0.5, 0.6) is 11.5 Å². The van der Waals surface area contributed by atoms with Crippen LogP contribution in [0.2, 0.25) is 0 Å². The fraction of sp³-hybridized carbons (Fsp3) is 0.111. The molecule has 0 radical (unpaired) electrons. The molecule has 1 N–H and O–H groups in total. The quantitative estimate of drug-likeness (QED) is 0.746. The summed E-state index contributed by atoms with van der Waals surface area (Å²) >= 11 is 0. The molecule has 0 spiro atoms. The Morgan fingerprint density at radius 1 is 1.10 bits per heavy atom. The van der Waals surface area contributed by atoms with E-state index in [2.05, 4.69) is 6.07 Å². The summed E-state index contributed by atoms with van der Waals surface area (Å²) in [7, 11) is 1.64. The molecule has 0 fully saturated rings. The lowest BCUT2D eigenvalue weighted by Crippen LogP contribution is -1.84. The van der Waals surface area contributed by atoms with Crippen molar-refractivity contribution < 1.29 is 14.3 Å². The van der Waals surface area contributed by atoms with Crippen LogP contribution in [0.15, 0.2) is 53.0 Å². The molecular weight excluding hydrogens is 264 g/mol. The van der Waals surface area contributed by atoms with E-state index in [9.17, 15) is 5.11 Å². The number of rotatable bonds is 3. The van der Waals surface area contributed by atoms with Gasteiger partial charge < -0.3 is 14.3 Å². The molecule has 3 nitrogen and oxygen atoms in total. The van der Waals surface area contributed by atoms with Crippen LogP contribution in [0.3, 0.4) is 0 Å². The van der Waals surface area contributed by atoms with Gasteiger partial charge in [0.1, 0.15) is 11.5 Å². The molecule has 0 aliphatic heterocycles. The van der Waals surface area contributed by atoms with Gasteiger partial charge in [0.15, 0.2) is 11.3 Å². The summed E-state index contributed by atoms with van der Waals surface area (Å²) in [6, 6.07) is 12.9. The maximum absolute atomic E-state index is 9.36. The number of hydrogen-bond acceptors (Lipinski definition) is 3. The summed E-state index contributed by atoms with van der Waals surface area (Å²) in [6.07, 6.45) is 4.01. The normalized spacial score (nSPS) is 11.3.